The lowest BCUT2D eigenvalue weighted by molar-refractivity contribution is -0.143. The number of carbonyl (C=O) groups is 1. The minimum absolute atomic E-state index is 0.155. The zero-order valence-corrected chi connectivity index (χ0v) is 25.6. The summed E-state index contributed by atoms with van der Waals surface area (Å²) in [6.45, 7) is 9.69. The van der Waals surface area contributed by atoms with E-state index in [1.165, 1.54) is 61.4 Å². The predicted octanol–water partition coefficient (Wildman–Crippen LogP) is 7.75. The Labute approximate surface area is 247 Å². The lowest BCUT2D eigenvalue weighted by Crippen LogP contribution is -2.33. The molecule has 1 aliphatic carbocycles. The molecule has 4 aliphatic rings. The third-order valence-corrected chi connectivity index (χ3v) is 11.9. The van der Waals surface area contributed by atoms with Crippen LogP contribution in [0.5, 0.6) is 17.2 Å². The number of benzene rings is 2. The minimum atomic E-state index is -0.569. The van der Waals surface area contributed by atoms with Gasteiger partial charge < -0.3 is 14.2 Å². The fraction of sp³-hybridized carbons (Fsp3) is 0.545. The zero-order chi connectivity index (χ0) is 27.7. The van der Waals surface area contributed by atoms with Crippen molar-refractivity contribution in [1.29, 1.82) is 0 Å². The van der Waals surface area contributed by atoms with E-state index in [4.69, 9.17) is 14.2 Å². The van der Waals surface area contributed by atoms with Gasteiger partial charge >= 0.3 is 5.97 Å². The van der Waals surface area contributed by atoms with Crippen LogP contribution in [-0.2, 0) is 4.79 Å². The first-order valence-electron chi connectivity index (χ1n) is 14.8. The number of nitrogens with zero attached hydrogens (tertiary/aromatic N) is 1. The molecular formula is C33H41NO4S2. The normalized spacial score (nSPS) is 22.4. The first-order chi connectivity index (χ1) is 19.3. The Morgan fingerprint density at radius 1 is 1.02 bits per heavy atom. The summed E-state index contributed by atoms with van der Waals surface area (Å²) in [5.74, 6) is 4.44. The van der Waals surface area contributed by atoms with Gasteiger partial charge in [-0.05, 0) is 107 Å². The van der Waals surface area contributed by atoms with Crippen LogP contribution in [0.2, 0.25) is 0 Å². The Kier molecular flexibility index (Phi) is 8.17. The Bertz CT molecular complexity index is 1250. The number of rotatable bonds is 6. The number of hydrogen-bond donors (Lipinski definition) is 0. The van der Waals surface area contributed by atoms with Gasteiger partial charge in [0.15, 0.2) is 0 Å². The molecule has 1 atom stereocenters. The monoisotopic (exact) mass is 579 g/mol. The summed E-state index contributed by atoms with van der Waals surface area (Å²) in [4.78, 5) is 15.1. The molecule has 0 saturated carbocycles. The van der Waals surface area contributed by atoms with Crippen LogP contribution in [0.4, 0.5) is 0 Å². The second-order valence-electron chi connectivity index (χ2n) is 12.4. The predicted molar refractivity (Wildman–Crippen MR) is 166 cm³/mol. The van der Waals surface area contributed by atoms with Gasteiger partial charge in [-0.2, -0.15) is 0 Å². The Morgan fingerprint density at radius 3 is 2.48 bits per heavy atom. The van der Waals surface area contributed by atoms with E-state index in [2.05, 4.69) is 58.8 Å². The molecule has 0 radical (unpaired) electrons. The molecule has 1 spiro atoms. The van der Waals surface area contributed by atoms with Gasteiger partial charge in [0.25, 0.3) is 0 Å². The summed E-state index contributed by atoms with van der Waals surface area (Å²) in [7, 11) is 0. The van der Waals surface area contributed by atoms with E-state index >= 15 is 0 Å². The van der Waals surface area contributed by atoms with E-state index in [1.54, 1.807) is 0 Å². The van der Waals surface area contributed by atoms with Crippen molar-refractivity contribution in [3.05, 3.63) is 59.2 Å². The van der Waals surface area contributed by atoms with Crippen LogP contribution in [0, 0.1) is 5.41 Å². The molecule has 3 aliphatic heterocycles. The quantitative estimate of drug-likeness (QED) is 0.256. The van der Waals surface area contributed by atoms with Crippen molar-refractivity contribution < 1.29 is 19.0 Å². The number of ether oxygens (including phenoxy) is 3. The molecule has 1 unspecified atom stereocenters. The van der Waals surface area contributed by atoms with Gasteiger partial charge in [0.1, 0.15) is 30.0 Å². The highest BCUT2D eigenvalue weighted by atomic mass is 32.2. The van der Waals surface area contributed by atoms with Crippen LogP contribution in [-0.4, -0.2) is 52.7 Å². The highest BCUT2D eigenvalue weighted by Crippen LogP contribution is 2.59. The molecule has 5 nitrogen and oxygen atoms in total. The molecule has 2 fully saturated rings. The summed E-state index contributed by atoms with van der Waals surface area (Å²) < 4.78 is 18.9. The number of hydrogen-bond acceptors (Lipinski definition) is 7. The van der Waals surface area contributed by atoms with Crippen molar-refractivity contribution in [2.24, 2.45) is 5.41 Å². The molecule has 2 aromatic rings. The second kappa shape index (κ2) is 11.7. The molecular weight excluding hydrogens is 539 g/mol. The molecule has 0 aromatic heterocycles. The molecule has 40 heavy (non-hydrogen) atoms. The zero-order valence-electron chi connectivity index (χ0n) is 24.0. The molecule has 0 N–H and O–H groups in total. The molecule has 3 heterocycles. The Hall–Kier alpha value is -2.09. The maximum Gasteiger partial charge on any atom is 0.316 e. The van der Waals surface area contributed by atoms with Gasteiger partial charge in [-0.15, -0.1) is 23.5 Å². The smallest absolute Gasteiger partial charge is 0.316 e. The fourth-order valence-electron chi connectivity index (χ4n) is 6.12. The van der Waals surface area contributed by atoms with Crippen LogP contribution in [0.15, 0.2) is 48.0 Å². The average Bonchev–Trinajstić information content (AvgIpc) is 3.40. The second-order valence-corrected chi connectivity index (χ2v) is 15.6. The summed E-state index contributed by atoms with van der Waals surface area (Å²) in [6.07, 6.45) is 7.06. The van der Waals surface area contributed by atoms with Gasteiger partial charge in [0.2, 0.25) is 0 Å². The Morgan fingerprint density at radius 2 is 1.75 bits per heavy atom. The minimum Gasteiger partial charge on any atom is -0.492 e. The number of thioether (sulfide) groups is 2. The maximum absolute atomic E-state index is 12.6. The van der Waals surface area contributed by atoms with Gasteiger partial charge in [-0.1, -0.05) is 18.6 Å². The van der Waals surface area contributed by atoms with Gasteiger partial charge in [0.05, 0.1) is 9.49 Å². The van der Waals surface area contributed by atoms with Crippen LogP contribution in [0.3, 0.4) is 0 Å². The first kappa shape index (κ1) is 28.0. The molecule has 6 rings (SSSR count). The summed E-state index contributed by atoms with van der Waals surface area (Å²) in [5, 5.41) is 0. The summed E-state index contributed by atoms with van der Waals surface area (Å²) in [5.41, 5.74) is 4.52. The van der Waals surface area contributed by atoms with E-state index in [0.29, 0.717) is 5.75 Å². The number of allylic oxidation sites excluding steroid dienone is 1. The summed E-state index contributed by atoms with van der Waals surface area (Å²) in [6, 6.07) is 14.4. The molecule has 2 saturated heterocycles. The van der Waals surface area contributed by atoms with Gasteiger partial charge in [-0.3, -0.25) is 9.69 Å². The van der Waals surface area contributed by atoms with Crippen molar-refractivity contribution in [1.82, 2.24) is 4.90 Å². The topological polar surface area (TPSA) is 48.0 Å². The fourth-order valence-corrected chi connectivity index (χ4v) is 9.37. The van der Waals surface area contributed by atoms with Crippen LogP contribution >= 0.6 is 23.5 Å². The standard InChI is InChI=1S/C33H41NO4S2/c1-32(2,3)31(35)37-25-11-12-27-26-13-14-33(39-19-20-40-33)22-28(26)30(38-29(27)21-25)23-7-9-24(10-8-23)36-18-17-34-15-5-4-6-16-34/h7-12,21,30H,4-6,13-20,22H2,1-3H3. The van der Waals surface area contributed by atoms with E-state index < -0.39 is 5.41 Å². The average molecular weight is 580 g/mol. The van der Waals surface area contributed by atoms with Gasteiger partial charge in [0, 0.05) is 29.7 Å². The number of fused-ring (bicyclic) bond motifs is 2. The highest BCUT2D eigenvalue weighted by Gasteiger charge is 2.44. The van der Waals surface area contributed by atoms with E-state index in [-0.39, 0.29) is 16.2 Å². The van der Waals surface area contributed by atoms with Crippen molar-refractivity contribution in [2.75, 3.05) is 37.7 Å². The molecule has 214 valence electrons. The molecule has 0 amide bonds. The van der Waals surface area contributed by atoms with E-state index in [9.17, 15) is 4.79 Å². The van der Waals surface area contributed by atoms with E-state index in [1.807, 2.05) is 32.9 Å². The summed E-state index contributed by atoms with van der Waals surface area (Å²) >= 11 is 4.25. The molecule has 0 bridgehead atoms. The lowest BCUT2D eigenvalue weighted by Gasteiger charge is -2.41. The number of piperidine rings is 1. The van der Waals surface area contributed by atoms with Crippen LogP contribution in [0.1, 0.15) is 76.5 Å². The molecule has 2 aromatic carbocycles. The maximum atomic E-state index is 12.6. The van der Waals surface area contributed by atoms with Crippen molar-refractivity contribution in [3.63, 3.8) is 0 Å². The Balaban J connectivity index is 1.24. The van der Waals surface area contributed by atoms with Crippen LogP contribution in [0.25, 0.3) is 5.57 Å². The number of likely N-dealkylation sites (tertiary alicyclic amines) is 1. The third-order valence-electron chi connectivity index (χ3n) is 8.39. The first-order valence-corrected chi connectivity index (χ1v) is 16.8. The number of carbonyl (C=O) groups excluding carboxylic acids is 1. The SMILES string of the molecule is CC(C)(C)C(=O)Oc1ccc2c(c1)OC(c1ccc(OCCN3CCCCC3)cc1)C1=C2CCC2(C1)SCCS2. The van der Waals surface area contributed by atoms with E-state index in [0.717, 1.165) is 48.6 Å². The van der Waals surface area contributed by atoms with Crippen molar-refractivity contribution >= 4 is 35.1 Å². The largest absolute Gasteiger partial charge is 0.492 e. The van der Waals surface area contributed by atoms with Crippen molar-refractivity contribution in [3.8, 4) is 17.2 Å². The molecule has 7 heteroatoms. The highest BCUT2D eigenvalue weighted by molar-refractivity contribution is 8.21. The lowest BCUT2D eigenvalue weighted by atomic mass is 9.80. The van der Waals surface area contributed by atoms with Crippen molar-refractivity contribution in [2.45, 2.75) is 69.5 Å². The van der Waals surface area contributed by atoms with Crippen LogP contribution < -0.4 is 14.2 Å². The van der Waals surface area contributed by atoms with Gasteiger partial charge in [-0.25, -0.2) is 0 Å². The number of esters is 1. The third kappa shape index (κ3) is 6.07.